The summed E-state index contributed by atoms with van der Waals surface area (Å²) in [6.07, 6.45) is 1.43. The lowest BCUT2D eigenvalue weighted by Gasteiger charge is -2.07. The van der Waals surface area contributed by atoms with Gasteiger partial charge in [0.15, 0.2) is 0 Å². The Balaban J connectivity index is 1.98. The molecule has 2 atom stereocenters. The second-order valence-electron chi connectivity index (χ2n) is 3.97. The lowest BCUT2D eigenvalue weighted by Crippen LogP contribution is -2.23. The molecule has 1 aromatic rings. The van der Waals surface area contributed by atoms with E-state index in [4.69, 9.17) is 4.84 Å². The molecule has 1 heterocycles. The number of rotatable bonds is 1. The molecule has 3 rings (SSSR count). The van der Waals surface area contributed by atoms with Crippen LogP contribution in [0.15, 0.2) is 35.5 Å². The first kappa shape index (κ1) is 8.65. The number of carbonyl (C=O) groups is 1. The lowest BCUT2D eigenvalue weighted by molar-refractivity contribution is -0.119. The number of fused-ring (bicyclic) bond motifs is 1. The number of ketones is 1. The summed E-state index contributed by atoms with van der Waals surface area (Å²) in [7, 11) is 0. The van der Waals surface area contributed by atoms with Gasteiger partial charge in [0, 0.05) is 12.0 Å². The fraction of sp³-hybridized carbons (Fsp3) is 0.333. The quantitative estimate of drug-likeness (QED) is 0.694. The van der Waals surface area contributed by atoms with E-state index in [1.807, 2.05) is 30.3 Å². The Hall–Kier alpha value is -1.64. The fourth-order valence-corrected chi connectivity index (χ4v) is 2.28. The van der Waals surface area contributed by atoms with Crippen molar-refractivity contribution in [2.24, 2.45) is 11.1 Å². The van der Waals surface area contributed by atoms with Gasteiger partial charge in [-0.15, -0.1) is 0 Å². The highest BCUT2D eigenvalue weighted by atomic mass is 16.6. The van der Waals surface area contributed by atoms with E-state index in [1.165, 1.54) is 0 Å². The Morgan fingerprint density at radius 1 is 1.27 bits per heavy atom. The van der Waals surface area contributed by atoms with Gasteiger partial charge in [-0.3, -0.25) is 4.79 Å². The molecule has 3 heteroatoms. The first-order valence-electron chi connectivity index (χ1n) is 5.18. The summed E-state index contributed by atoms with van der Waals surface area (Å²) in [5.74, 6) is 0.146. The molecular weight excluding hydrogens is 190 g/mol. The van der Waals surface area contributed by atoms with E-state index < -0.39 is 0 Å². The van der Waals surface area contributed by atoms with Crippen LogP contribution in [0.5, 0.6) is 0 Å². The predicted molar refractivity (Wildman–Crippen MR) is 55.6 cm³/mol. The number of Topliss-reactive ketones (excluding diaryl/α,β-unsaturated/α-hetero) is 1. The summed E-state index contributed by atoms with van der Waals surface area (Å²) >= 11 is 0. The van der Waals surface area contributed by atoms with Crippen molar-refractivity contribution in [1.82, 2.24) is 0 Å². The van der Waals surface area contributed by atoms with Crippen LogP contribution < -0.4 is 0 Å². The monoisotopic (exact) mass is 201 g/mol. The highest BCUT2D eigenvalue weighted by Crippen LogP contribution is 2.33. The molecule has 0 aromatic heterocycles. The van der Waals surface area contributed by atoms with Crippen LogP contribution in [-0.4, -0.2) is 17.6 Å². The van der Waals surface area contributed by atoms with Crippen molar-refractivity contribution in [2.75, 3.05) is 0 Å². The third-order valence-electron chi connectivity index (χ3n) is 3.04. The zero-order valence-electron chi connectivity index (χ0n) is 8.22. The van der Waals surface area contributed by atoms with Crippen molar-refractivity contribution in [1.29, 1.82) is 0 Å². The largest absolute Gasteiger partial charge is 0.391 e. The van der Waals surface area contributed by atoms with Crippen molar-refractivity contribution >= 4 is 11.5 Å². The van der Waals surface area contributed by atoms with E-state index in [-0.39, 0.29) is 17.8 Å². The third kappa shape index (κ3) is 1.27. The molecule has 76 valence electrons. The molecule has 0 amide bonds. The second-order valence-corrected chi connectivity index (χ2v) is 3.97. The fourth-order valence-electron chi connectivity index (χ4n) is 2.28. The van der Waals surface area contributed by atoms with Gasteiger partial charge >= 0.3 is 0 Å². The number of oxime groups is 1. The Morgan fingerprint density at radius 2 is 2.07 bits per heavy atom. The smallest absolute Gasteiger partial charge is 0.146 e. The minimum atomic E-state index is -0.118. The molecule has 1 aromatic carbocycles. The van der Waals surface area contributed by atoms with Crippen molar-refractivity contribution in [2.45, 2.75) is 18.9 Å². The average molecular weight is 201 g/mol. The summed E-state index contributed by atoms with van der Waals surface area (Å²) in [4.78, 5) is 17.0. The van der Waals surface area contributed by atoms with Crippen LogP contribution in [0.1, 0.15) is 18.4 Å². The van der Waals surface area contributed by atoms with Crippen molar-refractivity contribution in [3.8, 4) is 0 Å². The average Bonchev–Trinajstić information content (AvgIpc) is 2.84. The summed E-state index contributed by atoms with van der Waals surface area (Å²) in [6, 6.07) is 9.79. The van der Waals surface area contributed by atoms with Crippen molar-refractivity contribution in [3.05, 3.63) is 35.9 Å². The molecule has 15 heavy (non-hydrogen) atoms. The maximum atomic E-state index is 11.7. The van der Waals surface area contributed by atoms with Crippen LogP contribution in [0.4, 0.5) is 0 Å². The first-order chi connectivity index (χ1) is 7.36. The number of benzene rings is 1. The van der Waals surface area contributed by atoms with Gasteiger partial charge < -0.3 is 4.84 Å². The van der Waals surface area contributed by atoms with Gasteiger partial charge in [-0.05, 0) is 6.42 Å². The van der Waals surface area contributed by atoms with Crippen LogP contribution in [0.3, 0.4) is 0 Å². The van der Waals surface area contributed by atoms with E-state index >= 15 is 0 Å². The minimum absolute atomic E-state index is 0.00675. The van der Waals surface area contributed by atoms with Crippen LogP contribution >= 0.6 is 0 Å². The number of hydrogen-bond acceptors (Lipinski definition) is 3. The maximum absolute atomic E-state index is 11.7. The zero-order valence-corrected chi connectivity index (χ0v) is 8.22. The van der Waals surface area contributed by atoms with E-state index in [9.17, 15) is 4.79 Å². The molecule has 0 spiro atoms. The number of hydrogen-bond donors (Lipinski definition) is 0. The van der Waals surface area contributed by atoms with Gasteiger partial charge in [-0.25, -0.2) is 0 Å². The molecule has 0 unspecified atom stereocenters. The normalized spacial score (nSPS) is 28.5. The summed E-state index contributed by atoms with van der Waals surface area (Å²) in [5, 5.41) is 4.04. The van der Waals surface area contributed by atoms with E-state index in [2.05, 4.69) is 5.16 Å². The summed E-state index contributed by atoms with van der Waals surface area (Å²) in [5.41, 5.74) is 1.81. The summed E-state index contributed by atoms with van der Waals surface area (Å²) < 4.78 is 0. The van der Waals surface area contributed by atoms with Crippen LogP contribution in [0, 0.1) is 5.92 Å². The highest BCUT2D eigenvalue weighted by molar-refractivity contribution is 6.15. The molecule has 1 aliphatic heterocycles. The molecular formula is C12H11NO2. The van der Waals surface area contributed by atoms with Crippen molar-refractivity contribution in [3.63, 3.8) is 0 Å². The van der Waals surface area contributed by atoms with Gasteiger partial charge in [0.2, 0.25) is 0 Å². The maximum Gasteiger partial charge on any atom is 0.146 e. The topological polar surface area (TPSA) is 38.7 Å². The second kappa shape index (κ2) is 3.19. The number of carbonyl (C=O) groups excluding carboxylic acids is 1. The highest BCUT2D eigenvalue weighted by Gasteiger charge is 2.44. The molecule has 2 aliphatic rings. The first-order valence-corrected chi connectivity index (χ1v) is 5.18. The molecule has 0 N–H and O–H groups in total. The van der Waals surface area contributed by atoms with Crippen LogP contribution in [0.2, 0.25) is 0 Å². The molecule has 0 radical (unpaired) electrons. The van der Waals surface area contributed by atoms with Gasteiger partial charge in [0.05, 0.1) is 0 Å². The number of nitrogens with zero attached hydrogens (tertiary/aromatic N) is 1. The van der Waals surface area contributed by atoms with E-state index in [0.29, 0.717) is 6.42 Å². The molecule has 3 nitrogen and oxygen atoms in total. The molecule has 1 fully saturated rings. The summed E-state index contributed by atoms with van der Waals surface area (Å²) in [6.45, 7) is 0. The Bertz CT molecular complexity index is 425. The Morgan fingerprint density at radius 3 is 2.87 bits per heavy atom. The molecule has 0 saturated heterocycles. The Kier molecular flexibility index (Phi) is 1.84. The molecule has 1 saturated carbocycles. The predicted octanol–water partition coefficient (Wildman–Crippen LogP) is 1.77. The van der Waals surface area contributed by atoms with Crippen LogP contribution in [-0.2, 0) is 9.63 Å². The third-order valence-corrected chi connectivity index (χ3v) is 3.04. The van der Waals surface area contributed by atoms with Crippen molar-refractivity contribution < 1.29 is 9.63 Å². The van der Waals surface area contributed by atoms with Gasteiger partial charge in [-0.2, -0.15) is 0 Å². The standard InChI is InChI=1S/C12H11NO2/c14-9-6-7-10-11(9)12(13-15-10)8-4-2-1-3-5-8/h1-5,10-11H,6-7H2/t10-,11+/m1/s1. The lowest BCUT2D eigenvalue weighted by atomic mass is 9.94. The molecule has 0 bridgehead atoms. The minimum Gasteiger partial charge on any atom is -0.391 e. The van der Waals surface area contributed by atoms with Gasteiger partial charge in [-0.1, -0.05) is 35.5 Å². The Labute approximate surface area is 87.7 Å². The van der Waals surface area contributed by atoms with Gasteiger partial charge in [0.25, 0.3) is 0 Å². The SMILES string of the molecule is O=C1CC[C@H]2ON=C(c3ccccc3)[C@@H]12. The van der Waals surface area contributed by atoms with E-state index in [0.717, 1.165) is 17.7 Å². The van der Waals surface area contributed by atoms with Crippen LogP contribution in [0.25, 0.3) is 0 Å². The van der Waals surface area contributed by atoms with Gasteiger partial charge in [0.1, 0.15) is 23.5 Å². The van der Waals surface area contributed by atoms with E-state index in [1.54, 1.807) is 0 Å². The molecule has 1 aliphatic carbocycles. The zero-order chi connectivity index (χ0) is 10.3.